The molecule has 6 heteroatoms. The first-order valence-electron chi connectivity index (χ1n) is 8.57. The van der Waals surface area contributed by atoms with E-state index in [0.717, 1.165) is 31.6 Å². The van der Waals surface area contributed by atoms with Gasteiger partial charge in [-0.3, -0.25) is 0 Å². The lowest BCUT2D eigenvalue weighted by atomic mass is 10.2. The SMILES string of the molecule is O=S(=O)(NCC1CCCO1)c1ccc(CNC2CCCC2)cc1. The maximum Gasteiger partial charge on any atom is 0.240 e. The number of hydrogen-bond donors (Lipinski definition) is 2. The second kappa shape index (κ2) is 7.75. The highest BCUT2D eigenvalue weighted by Gasteiger charge is 2.20. The van der Waals surface area contributed by atoms with E-state index in [4.69, 9.17) is 4.74 Å². The molecule has 1 saturated heterocycles. The normalized spacial score (nSPS) is 22.7. The largest absolute Gasteiger partial charge is 0.377 e. The third kappa shape index (κ3) is 4.76. The number of sulfonamides is 1. The van der Waals surface area contributed by atoms with Gasteiger partial charge in [-0.05, 0) is 43.4 Å². The van der Waals surface area contributed by atoms with E-state index >= 15 is 0 Å². The minimum absolute atomic E-state index is 0.0136. The van der Waals surface area contributed by atoms with Gasteiger partial charge in [-0.15, -0.1) is 0 Å². The smallest absolute Gasteiger partial charge is 0.240 e. The molecule has 1 aliphatic heterocycles. The predicted molar refractivity (Wildman–Crippen MR) is 89.7 cm³/mol. The maximum absolute atomic E-state index is 12.3. The van der Waals surface area contributed by atoms with Gasteiger partial charge in [0.05, 0.1) is 11.0 Å². The van der Waals surface area contributed by atoms with Crippen LogP contribution >= 0.6 is 0 Å². The zero-order chi connectivity index (χ0) is 16.1. The molecule has 0 spiro atoms. The van der Waals surface area contributed by atoms with Crippen molar-refractivity contribution in [3.63, 3.8) is 0 Å². The Morgan fingerprint density at radius 2 is 1.78 bits per heavy atom. The van der Waals surface area contributed by atoms with Gasteiger partial charge in [0.15, 0.2) is 0 Å². The number of rotatable bonds is 7. The molecule has 1 saturated carbocycles. The van der Waals surface area contributed by atoms with Crippen LogP contribution < -0.4 is 10.0 Å². The Kier molecular flexibility index (Phi) is 5.69. The minimum atomic E-state index is -3.45. The number of ether oxygens (including phenoxy) is 1. The molecule has 1 unspecified atom stereocenters. The highest BCUT2D eigenvalue weighted by atomic mass is 32.2. The van der Waals surface area contributed by atoms with Crippen LogP contribution in [0.15, 0.2) is 29.2 Å². The summed E-state index contributed by atoms with van der Waals surface area (Å²) in [4.78, 5) is 0.320. The summed E-state index contributed by atoms with van der Waals surface area (Å²) in [7, 11) is -3.45. The van der Waals surface area contributed by atoms with Crippen LogP contribution in [0.4, 0.5) is 0 Å². The molecule has 1 aliphatic carbocycles. The van der Waals surface area contributed by atoms with E-state index < -0.39 is 10.0 Å². The number of nitrogens with one attached hydrogen (secondary N) is 2. The molecule has 0 aromatic heterocycles. The van der Waals surface area contributed by atoms with Crippen molar-refractivity contribution in [1.82, 2.24) is 10.0 Å². The molecule has 1 heterocycles. The summed E-state index contributed by atoms with van der Waals surface area (Å²) in [5.74, 6) is 0. The summed E-state index contributed by atoms with van der Waals surface area (Å²) in [5, 5.41) is 3.54. The van der Waals surface area contributed by atoms with Crippen LogP contribution in [-0.2, 0) is 21.3 Å². The van der Waals surface area contributed by atoms with Crippen LogP contribution in [0, 0.1) is 0 Å². The fraction of sp³-hybridized carbons (Fsp3) is 0.647. The van der Waals surface area contributed by atoms with E-state index in [9.17, 15) is 8.42 Å². The van der Waals surface area contributed by atoms with Crippen molar-refractivity contribution < 1.29 is 13.2 Å². The molecule has 1 aromatic rings. The van der Waals surface area contributed by atoms with Crippen molar-refractivity contribution in [2.24, 2.45) is 0 Å². The lowest BCUT2D eigenvalue weighted by Gasteiger charge is -2.13. The van der Waals surface area contributed by atoms with Crippen LogP contribution in [0.5, 0.6) is 0 Å². The van der Waals surface area contributed by atoms with E-state index in [1.54, 1.807) is 12.1 Å². The molecule has 0 amide bonds. The summed E-state index contributed by atoms with van der Waals surface area (Å²) in [5.41, 5.74) is 1.12. The van der Waals surface area contributed by atoms with E-state index in [1.165, 1.54) is 25.7 Å². The fourth-order valence-electron chi connectivity index (χ4n) is 3.27. The molecular weight excluding hydrogens is 312 g/mol. The lowest BCUT2D eigenvalue weighted by molar-refractivity contribution is 0.114. The second-order valence-corrected chi connectivity index (χ2v) is 8.26. The molecule has 2 fully saturated rings. The fourth-order valence-corrected chi connectivity index (χ4v) is 4.34. The Hall–Kier alpha value is -0.950. The molecule has 0 bridgehead atoms. The van der Waals surface area contributed by atoms with E-state index in [-0.39, 0.29) is 6.10 Å². The van der Waals surface area contributed by atoms with Crippen molar-refractivity contribution in [3.05, 3.63) is 29.8 Å². The van der Waals surface area contributed by atoms with E-state index in [0.29, 0.717) is 17.5 Å². The van der Waals surface area contributed by atoms with Gasteiger partial charge < -0.3 is 10.1 Å². The highest BCUT2D eigenvalue weighted by Crippen LogP contribution is 2.18. The quantitative estimate of drug-likeness (QED) is 0.800. The average Bonchev–Trinajstić information content (AvgIpc) is 3.25. The minimum Gasteiger partial charge on any atom is -0.377 e. The van der Waals surface area contributed by atoms with Gasteiger partial charge in [0.1, 0.15) is 0 Å². The predicted octanol–water partition coefficient (Wildman–Crippen LogP) is 2.18. The lowest BCUT2D eigenvalue weighted by Crippen LogP contribution is -2.31. The highest BCUT2D eigenvalue weighted by molar-refractivity contribution is 7.89. The Bertz CT molecular complexity index is 589. The summed E-state index contributed by atoms with van der Waals surface area (Å²) >= 11 is 0. The number of benzene rings is 1. The van der Waals surface area contributed by atoms with Crippen molar-refractivity contribution >= 4 is 10.0 Å². The molecule has 1 aromatic carbocycles. The molecule has 1 atom stereocenters. The van der Waals surface area contributed by atoms with Gasteiger partial charge in [-0.1, -0.05) is 25.0 Å². The number of hydrogen-bond acceptors (Lipinski definition) is 4. The Morgan fingerprint density at radius 1 is 1.04 bits per heavy atom. The second-order valence-electron chi connectivity index (χ2n) is 6.49. The molecule has 0 radical (unpaired) electrons. The Morgan fingerprint density at radius 3 is 2.43 bits per heavy atom. The summed E-state index contributed by atoms with van der Waals surface area (Å²) in [6.07, 6.45) is 7.07. The van der Waals surface area contributed by atoms with Crippen molar-refractivity contribution in [2.75, 3.05) is 13.2 Å². The molecular formula is C17H26N2O3S. The molecule has 128 valence electrons. The van der Waals surface area contributed by atoms with Crippen molar-refractivity contribution in [1.29, 1.82) is 0 Å². The summed E-state index contributed by atoms with van der Waals surface area (Å²) in [6.45, 7) is 1.89. The van der Waals surface area contributed by atoms with E-state index in [2.05, 4.69) is 10.0 Å². The molecule has 23 heavy (non-hydrogen) atoms. The maximum atomic E-state index is 12.3. The third-order valence-electron chi connectivity index (χ3n) is 4.71. The van der Waals surface area contributed by atoms with Gasteiger partial charge in [0, 0.05) is 25.7 Å². The van der Waals surface area contributed by atoms with Gasteiger partial charge in [-0.2, -0.15) is 0 Å². The summed E-state index contributed by atoms with van der Waals surface area (Å²) < 4.78 is 32.7. The van der Waals surface area contributed by atoms with Crippen molar-refractivity contribution in [2.45, 2.75) is 62.1 Å². The summed E-state index contributed by atoms with van der Waals surface area (Å²) in [6, 6.07) is 7.77. The zero-order valence-electron chi connectivity index (χ0n) is 13.5. The van der Waals surface area contributed by atoms with Gasteiger partial charge in [0.25, 0.3) is 0 Å². The standard InChI is InChI=1S/C17H26N2O3S/c20-23(21,19-13-16-6-3-11-22-16)17-9-7-14(8-10-17)12-18-15-4-1-2-5-15/h7-10,15-16,18-19H,1-6,11-13H2. The van der Waals surface area contributed by atoms with Crippen LogP contribution in [0.1, 0.15) is 44.1 Å². The van der Waals surface area contributed by atoms with Crippen LogP contribution in [0.3, 0.4) is 0 Å². The van der Waals surface area contributed by atoms with Gasteiger partial charge >= 0.3 is 0 Å². The molecule has 2 aliphatic rings. The van der Waals surface area contributed by atoms with E-state index in [1.807, 2.05) is 12.1 Å². The Labute approximate surface area is 138 Å². The first-order chi connectivity index (χ1) is 11.1. The molecule has 5 nitrogen and oxygen atoms in total. The topological polar surface area (TPSA) is 67.4 Å². The van der Waals surface area contributed by atoms with Crippen LogP contribution in [0.25, 0.3) is 0 Å². The first kappa shape index (κ1) is 16.9. The first-order valence-corrected chi connectivity index (χ1v) is 10.1. The Balaban J connectivity index is 1.52. The third-order valence-corrected chi connectivity index (χ3v) is 6.15. The average molecular weight is 338 g/mol. The van der Waals surface area contributed by atoms with Crippen LogP contribution in [0.2, 0.25) is 0 Å². The molecule has 2 N–H and O–H groups in total. The van der Waals surface area contributed by atoms with Gasteiger partial charge in [0.2, 0.25) is 10.0 Å². The molecule has 3 rings (SSSR count). The van der Waals surface area contributed by atoms with Crippen molar-refractivity contribution in [3.8, 4) is 0 Å². The zero-order valence-corrected chi connectivity index (χ0v) is 14.3. The van der Waals surface area contributed by atoms with Gasteiger partial charge in [-0.25, -0.2) is 13.1 Å². The monoisotopic (exact) mass is 338 g/mol. The van der Waals surface area contributed by atoms with Crippen LogP contribution in [-0.4, -0.2) is 33.7 Å².